The second kappa shape index (κ2) is 6.93. The van der Waals surface area contributed by atoms with Gasteiger partial charge in [0.15, 0.2) is 5.69 Å². The lowest BCUT2D eigenvalue weighted by molar-refractivity contribution is -0.128. The van der Waals surface area contributed by atoms with E-state index in [1.807, 2.05) is 6.92 Å². The van der Waals surface area contributed by atoms with Crippen molar-refractivity contribution in [2.45, 2.75) is 33.2 Å². The Morgan fingerprint density at radius 2 is 2.00 bits per heavy atom. The summed E-state index contributed by atoms with van der Waals surface area (Å²) < 4.78 is 6.62. The van der Waals surface area contributed by atoms with E-state index in [0.29, 0.717) is 25.2 Å². The fourth-order valence-corrected chi connectivity index (χ4v) is 1.81. The van der Waals surface area contributed by atoms with E-state index in [0.717, 1.165) is 0 Å². The number of esters is 1. The molecule has 1 aromatic heterocycles. The molecule has 1 heterocycles. The summed E-state index contributed by atoms with van der Waals surface area (Å²) in [5.41, 5.74) is 6.07. The number of anilines is 1. The number of amides is 1. The normalized spacial score (nSPS) is 10.4. The number of carbonyl (C=O) groups is 2. The minimum absolute atomic E-state index is 0.00200. The van der Waals surface area contributed by atoms with Crippen LogP contribution in [-0.2, 0) is 22.5 Å². The highest BCUT2D eigenvalue weighted by atomic mass is 16.5. The number of ether oxygens (including phenoxy) is 1. The first kappa shape index (κ1) is 16.0. The zero-order valence-electron chi connectivity index (χ0n) is 12.5. The standard InChI is InChI=1S/C13H22N4O3/c1-5-9-15-11(13(19)20-6-2)12(14)17(9)8-7-10(18)16(3)4/h5-8,14H2,1-4H3. The molecule has 0 aromatic carbocycles. The third-order valence-corrected chi connectivity index (χ3v) is 2.92. The van der Waals surface area contributed by atoms with Crippen LogP contribution in [0.5, 0.6) is 0 Å². The summed E-state index contributed by atoms with van der Waals surface area (Å²) in [4.78, 5) is 29.1. The van der Waals surface area contributed by atoms with E-state index in [9.17, 15) is 9.59 Å². The van der Waals surface area contributed by atoms with E-state index in [2.05, 4.69) is 4.98 Å². The summed E-state index contributed by atoms with van der Waals surface area (Å²) in [6.07, 6.45) is 0.933. The summed E-state index contributed by atoms with van der Waals surface area (Å²) >= 11 is 0. The average molecular weight is 282 g/mol. The minimum atomic E-state index is -0.530. The van der Waals surface area contributed by atoms with Crippen molar-refractivity contribution in [3.63, 3.8) is 0 Å². The van der Waals surface area contributed by atoms with Crippen molar-refractivity contribution < 1.29 is 14.3 Å². The molecular weight excluding hydrogens is 260 g/mol. The van der Waals surface area contributed by atoms with Crippen LogP contribution in [0.25, 0.3) is 0 Å². The van der Waals surface area contributed by atoms with Gasteiger partial charge in [-0.2, -0.15) is 0 Å². The summed E-state index contributed by atoms with van der Waals surface area (Å²) in [6.45, 7) is 4.31. The highest BCUT2D eigenvalue weighted by molar-refractivity contribution is 5.92. The highest BCUT2D eigenvalue weighted by Gasteiger charge is 2.21. The maximum absolute atomic E-state index is 11.7. The number of nitrogen functional groups attached to an aromatic ring is 1. The van der Waals surface area contributed by atoms with Crippen molar-refractivity contribution >= 4 is 17.7 Å². The second-order valence-corrected chi connectivity index (χ2v) is 4.53. The Hall–Kier alpha value is -2.05. The van der Waals surface area contributed by atoms with Crippen LogP contribution in [0, 0.1) is 0 Å². The Morgan fingerprint density at radius 1 is 1.35 bits per heavy atom. The van der Waals surface area contributed by atoms with E-state index in [-0.39, 0.29) is 24.0 Å². The van der Waals surface area contributed by atoms with E-state index in [4.69, 9.17) is 10.5 Å². The third-order valence-electron chi connectivity index (χ3n) is 2.92. The first-order valence-corrected chi connectivity index (χ1v) is 6.64. The number of rotatable bonds is 6. The zero-order valence-corrected chi connectivity index (χ0v) is 12.5. The predicted octanol–water partition coefficient (Wildman–Crippen LogP) is 0.683. The van der Waals surface area contributed by atoms with Crippen molar-refractivity contribution in [2.24, 2.45) is 0 Å². The van der Waals surface area contributed by atoms with Gasteiger partial charge in [-0.1, -0.05) is 6.92 Å². The van der Waals surface area contributed by atoms with Crippen LogP contribution in [0.15, 0.2) is 0 Å². The molecule has 0 aliphatic rings. The van der Waals surface area contributed by atoms with Gasteiger partial charge in [0.25, 0.3) is 0 Å². The molecule has 7 nitrogen and oxygen atoms in total. The minimum Gasteiger partial charge on any atom is -0.461 e. The fraction of sp³-hybridized carbons (Fsp3) is 0.615. The molecule has 0 bridgehead atoms. The molecule has 0 radical (unpaired) electrons. The fourth-order valence-electron chi connectivity index (χ4n) is 1.81. The molecule has 0 spiro atoms. The van der Waals surface area contributed by atoms with Crippen molar-refractivity contribution in [1.29, 1.82) is 0 Å². The Labute approximate surface area is 118 Å². The number of nitrogens with two attached hydrogens (primary N) is 1. The number of hydrogen-bond donors (Lipinski definition) is 1. The van der Waals surface area contributed by atoms with E-state index in [1.54, 1.807) is 25.6 Å². The highest BCUT2D eigenvalue weighted by Crippen LogP contribution is 2.17. The first-order chi connectivity index (χ1) is 9.42. The quantitative estimate of drug-likeness (QED) is 0.775. The molecule has 0 aliphatic carbocycles. The van der Waals surface area contributed by atoms with Crippen molar-refractivity contribution in [2.75, 3.05) is 26.4 Å². The summed E-state index contributed by atoms with van der Waals surface area (Å²) in [6, 6.07) is 0. The number of hydrogen-bond acceptors (Lipinski definition) is 5. The Balaban J connectivity index is 2.95. The molecule has 0 atom stereocenters. The molecule has 0 fully saturated rings. The van der Waals surface area contributed by atoms with Gasteiger partial charge in [-0.05, 0) is 6.92 Å². The number of imidazole rings is 1. The second-order valence-electron chi connectivity index (χ2n) is 4.53. The number of nitrogens with zero attached hydrogens (tertiary/aromatic N) is 3. The third kappa shape index (κ3) is 3.49. The van der Waals surface area contributed by atoms with Crippen LogP contribution >= 0.6 is 0 Å². The lowest BCUT2D eigenvalue weighted by atomic mass is 10.3. The molecular formula is C13H22N4O3. The van der Waals surface area contributed by atoms with Gasteiger partial charge >= 0.3 is 5.97 Å². The maximum atomic E-state index is 11.7. The number of aryl methyl sites for hydroxylation is 1. The molecule has 1 aromatic rings. The molecule has 1 rings (SSSR count). The molecule has 7 heteroatoms. The van der Waals surface area contributed by atoms with Crippen LogP contribution in [0.4, 0.5) is 5.82 Å². The SMILES string of the molecule is CCOC(=O)c1nc(CC)n(CCC(=O)N(C)C)c1N. The summed E-state index contributed by atoms with van der Waals surface area (Å²) in [7, 11) is 3.40. The van der Waals surface area contributed by atoms with Gasteiger partial charge in [0.1, 0.15) is 11.6 Å². The van der Waals surface area contributed by atoms with Crippen LogP contribution in [0.1, 0.15) is 36.6 Å². The van der Waals surface area contributed by atoms with E-state index < -0.39 is 5.97 Å². The summed E-state index contributed by atoms with van der Waals surface area (Å²) in [5, 5.41) is 0. The van der Waals surface area contributed by atoms with Gasteiger partial charge in [0, 0.05) is 33.5 Å². The van der Waals surface area contributed by atoms with Gasteiger partial charge in [-0.15, -0.1) is 0 Å². The molecule has 0 aliphatic heterocycles. The van der Waals surface area contributed by atoms with Gasteiger partial charge in [0.05, 0.1) is 6.61 Å². The maximum Gasteiger partial charge on any atom is 0.360 e. The molecule has 20 heavy (non-hydrogen) atoms. The molecule has 1 amide bonds. The molecule has 112 valence electrons. The van der Waals surface area contributed by atoms with Crippen LogP contribution in [0.2, 0.25) is 0 Å². The van der Waals surface area contributed by atoms with Gasteiger partial charge < -0.3 is 19.9 Å². The molecule has 2 N–H and O–H groups in total. The van der Waals surface area contributed by atoms with Gasteiger partial charge in [-0.25, -0.2) is 9.78 Å². The Morgan fingerprint density at radius 3 is 2.50 bits per heavy atom. The van der Waals surface area contributed by atoms with Gasteiger partial charge in [-0.3, -0.25) is 4.79 Å². The number of aromatic nitrogens is 2. The Bertz CT molecular complexity index is 494. The van der Waals surface area contributed by atoms with Crippen LogP contribution in [0.3, 0.4) is 0 Å². The molecule has 0 unspecified atom stereocenters. The van der Waals surface area contributed by atoms with Crippen LogP contribution in [-0.4, -0.2) is 47.0 Å². The summed E-state index contributed by atoms with van der Waals surface area (Å²) in [5.74, 6) is 0.402. The lowest BCUT2D eigenvalue weighted by Crippen LogP contribution is -2.23. The number of carbonyl (C=O) groups excluding carboxylic acids is 2. The predicted molar refractivity (Wildman–Crippen MR) is 75.3 cm³/mol. The van der Waals surface area contributed by atoms with E-state index >= 15 is 0 Å². The largest absolute Gasteiger partial charge is 0.461 e. The lowest BCUT2D eigenvalue weighted by Gasteiger charge is -2.12. The van der Waals surface area contributed by atoms with Crippen molar-refractivity contribution in [3.8, 4) is 0 Å². The molecule has 0 saturated carbocycles. The monoisotopic (exact) mass is 282 g/mol. The van der Waals surface area contributed by atoms with Crippen molar-refractivity contribution in [1.82, 2.24) is 14.5 Å². The Kier molecular flexibility index (Phi) is 5.54. The van der Waals surface area contributed by atoms with E-state index in [1.165, 1.54) is 4.90 Å². The first-order valence-electron chi connectivity index (χ1n) is 6.64. The zero-order chi connectivity index (χ0) is 15.3. The van der Waals surface area contributed by atoms with Crippen LogP contribution < -0.4 is 5.73 Å². The average Bonchev–Trinajstić information content (AvgIpc) is 2.72. The van der Waals surface area contributed by atoms with Crippen molar-refractivity contribution in [3.05, 3.63) is 11.5 Å². The topological polar surface area (TPSA) is 90.4 Å². The van der Waals surface area contributed by atoms with Gasteiger partial charge in [0.2, 0.25) is 5.91 Å². The molecule has 0 saturated heterocycles. The smallest absolute Gasteiger partial charge is 0.360 e.